The zero-order chi connectivity index (χ0) is 19.9. The molecule has 6 nitrogen and oxygen atoms in total. The Hall–Kier alpha value is -2.61. The minimum atomic E-state index is -2.77. The molecule has 0 bridgehead atoms. The van der Waals surface area contributed by atoms with Crippen molar-refractivity contribution in [2.45, 2.75) is 38.7 Å². The van der Waals surface area contributed by atoms with Crippen LogP contribution in [0.4, 0.5) is 8.78 Å². The Kier molecular flexibility index (Phi) is 4.74. The highest BCUT2D eigenvalue weighted by molar-refractivity contribution is 5.36. The highest BCUT2D eigenvalue weighted by atomic mass is 19.3. The second kappa shape index (κ2) is 7.09. The highest BCUT2D eigenvalue weighted by Gasteiger charge is 2.41. The fraction of sp³-hybridized carbons (Fsp3) is 0.450. The summed E-state index contributed by atoms with van der Waals surface area (Å²) < 4.78 is 36.1. The second-order valence-electron chi connectivity index (χ2n) is 7.52. The normalized spacial score (nSPS) is 19.8. The Balaban J connectivity index is 1.62. The molecule has 0 radical (unpaired) electrons. The average molecular weight is 387 g/mol. The Labute approximate surface area is 162 Å². The number of hydrogen-bond donors (Lipinski definition) is 0. The van der Waals surface area contributed by atoms with Gasteiger partial charge in [-0.3, -0.25) is 4.90 Å². The van der Waals surface area contributed by atoms with E-state index in [1.54, 1.807) is 11.6 Å². The zero-order valence-corrected chi connectivity index (χ0v) is 16.2. The van der Waals surface area contributed by atoms with E-state index in [0.29, 0.717) is 18.9 Å². The van der Waals surface area contributed by atoms with E-state index in [9.17, 15) is 8.78 Å². The van der Waals surface area contributed by atoms with Gasteiger partial charge in [-0.2, -0.15) is 10.1 Å². The van der Waals surface area contributed by atoms with Crippen molar-refractivity contribution in [3.8, 4) is 5.75 Å². The van der Waals surface area contributed by atoms with Gasteiger partial charge in [0.2, 0.25) is 0 Å². The third kappa shape index (κ3) is 3.69. The molecule has 2 aromatic heterocycles. The highest BCUT2D eigenvalue weighted by Crippen LogP contribution is 2.37. The predicted octanol–water partition coefficient (Wildman–Crippen LogP) is 3.37. The van der Waals surface area contributed by atoms with Crippen LogP contribution in [0.1, 0.15) is 34.9 Å². The van der Waals surface area contributed by atoms with Crippen LogP contribution >= 0.6 is 0 Å². The van der Waals surface area contributed by atoms with E-state index in [2.05, 4.69) is 15.1 Å². The van der Waals surface area contributed by atoms with Crippen molar-refractivity contribution in [2.75, 3.05) is 20.2 Å². The fourth-order valence-electron chi connectivity index (χ4n) is 4.06. The molecule has 0 saturated carbocycles. The van der Waals surface area contributed by atoms with Gasteiger partial charge < -0.3 is 4.74 Å². The van der Waals surface area contributed by atoms with Crippen molar-refractivity contribution in [1.29, 1.82) is 0 Å². The maximum Gasteiger partial charge on any atom is 0.261 e. The molecule has 1 aromatic carbocycles. The number of aromatic nitrogens is 4. The number of halogens is 2. The summed E-state index contributed by atoms with van der Waals surface area (Å²) in [4.78, 5) is 10.2. The first-order chi connectivity index (χ1) is 13.3. The Morgan fingerprint density at radius 3 is 2.82 bits per heavy atom. The largest absolute Gasteiger partial charge is 0.496 e. The quantitative estimate of drug-likeness (QED) is 0.687. The number of benzene rings is 1. The van der Waals surface area contributed by atoms with Crippen molar-refractivity contribution in [3.63, 3.8) is 0 Å². The predicted molar refractivity (Wildman–Crippen MR) is 101 cm³/mol. The maximum absolute atomic E-state index is 14.6. The van der Waals surface area contributed by atoms with Crippen LogP contribution < -0.4 is 4.74 Å². The molecule has 3 heterocycles. The number of methoxy groups -OCH3 is 1. The number of ether oxygens (including phenoxy) is 1. The van der Waals surface area contributed by atoms with E-state index >= 15 is 0 Å². The van der Waals surface area contributed by atoms with Crippen LogP contribution in [0.25, 0.3) is 5.78 Å². The van der Waals surface area contributed by atoms with Crippen molar-refractivity contribution in [3.05, 3.63) is 53.1 Å². The van der Waals surface area contributed by atoms with Crippen molar-refractivity contribution in [2.24, 2.45) is 0 Å². The van der Waals surface area contributed by atoms with Crippen LogP contribution in [-0.4, -0.2) is 50.6 Å². The molecule has 3 aromatic rings. The summed E-state index contributed by atoms with van der Waals surface area (Å²) in [5.74, 6) is -1.88. The van der Waals surface area contributed by atoms with Crippen molar-refractivity contribution in [1.82, 2.24) is 24.5 Å². The second-order valence-corrected chi connectivity index (χ2v) is 7.52. The number of rotatable bonds is 4. The average Bonchev–Trinajstić information content (AvgIpc) is 3.08. The molecule has 8 heteroatoms. The molecule has 0 aliphatic carbocycles. The topological polar surface area (TPSA) is 55.5 Å². The Morgan fingerprint density at radius 2 is 2.07 bits per heavy atom. The number of likely N-dealkylation sites (tertiary alicyclic amines) is 1. The SMILES string of the molecule is COc1ccc(CN2CC(c3cc(C)nc4ncnn34)CC(F)(F)C2)cc1C. The van der Waals surface area contributed by atoms with Gasteiger partial charge in [0.1, 0.15) is 12.1 Å². The van der Waals surface area contributed by atoms with Gasteiger partial charge in [0, 0.05) is 31.1 Å². The number of aryl methyl sites for hydroxylation is 2. The van der Waals surface area contributed by atoms with E-state index in [1.165, 1.54) is 6.33 Å². The van der Waals surface area contributed by atoms with Gasteiger partial charge in [-0.15, -0.1) is 0 Å². The number of fused-ring (bicyclic) bond motifs is 1. The molecule has 0 N–H and O–H groups in total. The van der Waals surface area contributed by atoms with Gasteiger partial charge in [-0.1, -0.05) is 12.1 Å². The summed E-state index contributed by atoms with van der Waals surface area (Å²) >= 11 is 0. The molecule has 0 spiro atoms. The third-order valence-electron chi connectivity index (χ3n) is 5.17. The van der Waals surface area contributed by atoms with Gasteiger partial charge in [-0.25, -0.2) is 18.3 Å². The lowest BCUT2D eigenvalue weighted by Crippen LogP contribution is -2.46. The molecule has 1 atom stereocenters. The number of nitrogens with zero attached hydrogens (tertiary/aromatic N) is 5. The van der Waals surface area contributed by atoms with E-state index in [-0.39, 0.29) is 18.9 Å². The molecule has 1 aliphatic rings. The zero-order valence-electron chi connectivity index (χ0n) is 16.2. The van der Waals surface area contributed by atoms with Crippen LogP contribution in [0.15, 0.2) is 30.6 Å². The lowest BCUT2D eigenvalue weighted by molar-refractivity contribution is -0.0747. The summed E-state index contributed by atoms with van der Waals surface area (Å²) in [7, 11) is 1.62. The minimum Gasteiger partial charge on any atom is -0.496 e. The third-order valence-corrected chi connectivity index (χ3v) is 5.17. The molecular weight excluding hydrogens is 364 g/mol. The maximum atomic E-state index is 14.6. The summed E-state index contributed by atoms with van der Waals surface area (Å²) in [5, 5.41) is 4.19. The van der Waals surface area contributed by atoms with Crippen molar-refractivity contribution >= 4 is 5.78 Å². The van der Waals surface area contributed by atoms with Gasteiger partial charge in [0.05, 0.1) is 19.3 Å². The minimum absolute atomic E-state index is 0.205. The van der Waals surface area contributed by atoms with Gasteiger partial charge in [-0.05, 0) is 37.1 Å². The molecule has 1 aliphatic heterocycles. The van der Waals surface area contributed by atoms with E-state index in [1.807, 2.05) is 43.0 Å². The molecule has 1 unspecified atom stereocenters. The summed E-state index contributed by atoms with van der Waals surface area (Å²) in [5.41, 5.74) is 3.47. The molecule has 1 saturated heterocycles. The number of hydrogen-bond acceptors (Lipinski definition) is 5. The van der Waals surface area contributed by atoms with Crippen LogP contribution in [0.2, 0.25) is 0 Å². The lowest BCUT2D eigenvalue weighted by Gasteiger charge is -2.37. The van der Waals surface area contributed by atoms with Crippen molar-refractivity contribution < 1.29 is 13.5 Å². The standard InChI is InChI=1S/C20H23F2N5O/c1-13-6-15(4-5-18(13)28-3)9-26-10-16(8-20(21,22)11-26)17-7-14(2)25-19-23-12-24-27(17)19/h4-7,12,16H,8-11H2,1-3H3. The van der Waals surface area contributed by atoms with Crippen LogP contribution in [0.5, 0.6) is 5.75 Å². The Bertz CT molecular complexity index is 1000. The summed E-state index contributed by atoms with van der Waals surface area (Å²) in [6.07, 6.45) is 1.20. The molecule has 0 amide bonds. The van der Waals surface area contributed by atoms with Gasteiger partial charge in [0.25, 0.3) is 11.7 Å². The van der Waals surface area contributed by atoms with Crippen LogP contribution in [-0.2, 0) is 6.54 Å². The molecule has 148 valence electrons. The van der Waals surface area contributed by atoms with E-state index in [0.717, 1.165) is 28.3 Å². The first kappa shape index (κ1) is 18.7. The summed E-state index contributed by atoms with van der Waals surface area (Å²) in [6, 6.07) is 7.64. The lowest BCUT2D eigenvalue weighted by atomic mass is 9.91. The van der Waals surface area contributed by atoms with Gasteiger partial charge >= 0.3 is 0 Å². The molecule has 28 heavy (non-hydrogen) atoms. The number of alkyl halides is 2. The summed E-state index contributed by atoms with van der Waals surface area (Å²) in [6.45, 7) is 4.54. The van der Waals surface area contributed by atoms with Crippen LogP contribution in [0.3, 0.4) is 0 Å². The first-order valence-electron chi connectivity index (χ1n) is 9.25. The molecular formula is C20H23F2N5O. The van der Waals surface area contributed by atoms with Gasteiger partial charge in [0.15, 0.2) is 0 Å². The van der Waals surface area contributed by atoms with E-state index in [4.69, 9.17) is 4.74 Å². The monoisotopic (exact) mass is 387 g/mol. The van der Waals surface area contributed by atoms with Crippen LogP contribution in [0, 0.1) is 13.8 Å². The Morgan fingerprint density at radius 1 is 1.25 bits per heavy atom. The first-order valence-corrected chi connectivity index (χ1v) is 9.25. The van der Waals surface area contributed by atoms with E-state index < -0.39 is 5.92 Å². The molecule has 1 fully saturated rings. The fourth-order valence-corrected chi connectivity index (χ4v) is 4.06. The molecule has 4 rings (SSSR count). The number of piperidine rings is 1. The smallest absolute Gasteiger partial charge is 0.261 e.